The highest BCUT2D eigenvalue weighted by Gasteiger charge is 2.13. The highest BCUT2D eigenvalue weighted by molar-refractivity contribution is 7.88. The van der Waals surface area contributed by atoms with Crippen LogP contribution < -0.4 is 10.6 Å². The van der Waals surface area contributed by atoms with Crippen LogP contribution >= 0.6 is 0 Å². The van der Waals surface area contributed by atoms with Crippen LogP contribution in [0.5, 0.6) is 0 Å². The van der Waals surface area contributed by atoms with Crippen LogP contribution in [0.2, 0.25) is 0 Å². The van der Waals surface area contributed by atoms with Crippen LogP contribution in [0.1, 0.15) is 32.4 Å². The fourth-order valence-electron chi connectivity index (χ4n) is 2.29. The Balaban J connectivity index is 2.21. The Bertz CT molecular complexity index is 602. The first-order chi connectivity index (χ1) is 12.5. The van der Waals surface area contributed by atoms with Crippen LogP contribution in [-0.4, -0.2) is 64.3 Å². The first-order valence-corrected chi connectivity index (χ1v) is 10.9. The van der Waals surface area contributed by atoms with Crippen molar-refractivity contribution in [3.63, 3.8) is 0 Å². The SMILES string of the molecule is CCNC(=NCCCOCc1ccco1)NCCCN(CC)S(C)(=O)=O. The van der Waals surface area contributed by atoms with Crippen LogP contribution in [0, 0.1) is 0 Å². The van der Waals surface area contributed by atoms with Crippen LogP contribution in [0.25, 0.3) is 0 Å². The number of aliphatic imine (C=N–C) groups is 1. The lowest BCUT2D eigenvalue weighted by Gasteiger charge is -2.18. The third-order valence-corrected chi connectivity index (χ3v) is 4.96. The summed E-state index contributed by atoms with van der Waals surface area (Å²) in [5.41, 5.74) is 0. The number of guanidine groups is 1. The van der Waals surface area contributed by atoms with Crippen LogP contribution in [-0.2, 0) is 21.4 Å². The molecule has 1 heterocycles. The molecule has 0 atom stereocenters. The Hall–Kier alpha value is -1.58. The van der Waals surface area contributed by atoms with Gasteiger partial charge in [-0.3, -0.25) is 4.99 Å². The highest BCUT2D eigenvalue weighted by atomic mass is 32.2. The molecule has 26 heavy (non-hydrogen) atoms. The van der Waals surface area contributed by atoms with Gasteiger partial charge in [-0.05, 0) is 31.9 Å². The third kappa shape index (κ3) is 9.79. The van der Waals surface area contributed by atoms with Gasteiger partial charge in [-0.1, -0.05) is 6.92 Å². The molecule has 0 aliphatic carbocycles. The Kier molecular flexibility index (Phi) is 11.0. The van der Waals surface area contributed by atoms with Gasteiger partial charge in [0, 0.05) is 39.3 Å². The molecule has 0 bridgehead atoms. The number of furan rings is 1. The Labute approximate surface area is 157 Å². The summed E-state index contributed by atoms with van der Waals surface area (Å²) in [6, 6.07) is 3.72. The van der Waals surface area contributed by atoms with Gasteiger partial charge in [0.15, 0.2) is 5.96 Å². The summed E-state index contributed by atoms with van der Waals surface area (Å²) in [5, 5.41) is 6.41. The first kappa shape index (κ1) is 22.5. The number of ether oxygens (including phenoxy) is 1. The third-order valence-electron chi connectivity index (χ3n) is 3.58. The van der Waals surface area contributed by atoms with E-state index in [9.17, 15) is 8.42 Å². The average Bonchev–Trinajstić information content (AvgIpc) is 3.10. The van der Waals surface area contributed by atoms with Crippen molar-refractivity contribution in [2.75, 3.05) is 45.6 Å². The maximum atomic E-state index is 11.5. The zero-order valence-corrected chi connectivity index (χ0v) is 16.8. The van der Waals surface area contributed by atoms with Crippen molar-refractivity contribution >= 4 is 16.0 Å². The first-order valence-electron chi connectivity index (χ1n) is 9.04. The Morgan fingerprint density at radius 3 is 2.73 bits per heavy atom. The fourth-order valence-corrected chi connectivity index (χ4v) is 3.22. The topological polar surface area (TPSA) is 96.2 Å². The minimum absolute atomic E-state index is 0.475. The summed E-state index contributed by atoms with van der Waals surface area (Å²) >= 11 is 0. The second-order valence-electron chi connectivity index (χ2n) is 5.78. The van der Waals surface area contributed by atoms with E-state index in [2.05, 4.69) is 15.6 Å². The number of hydrogen-bond donors (Lipinski definition) is 2. The molecule has 150 valence electrons. The van der Waals surface area contributed by atoms with Crippen molar-refractivity contribution in [3.05, 3.63) is 24.2 Å². The van der Waals surface area contributed by atoms with Gasteiger partial charge < -0.3 is 19.8 Å². The zero-order valence-electron chi connectivity index (χ0n) is 16.0. The Morgan fingerprint density at radius 1 is 1.31 bits per heavy atom. The van der Waals surface area contributed by atoms with Gasteiger partial charge in [-0.15, -0.1) is 0 Å². The molecule has 0 aliphatic rings. The molecule has 1 aromatic rings. The van der Waals surface area contributed by atoms with Crippen molar-refractivity contribution in [1.82, 2.24) is 14.9 Å². The zero-order chi connectivity index (χ0) is 19.3. The van der Waals surface area contributed by atoms with Gasteiger partial charge in [-0.25, -0.2) is 12.7 Å². The average molecular weight is 389 g/mol. The molecule has 0 saturated heterocycles. The molecule has 8 nitrogen and oxygen atoms in total. The lowest BCUT2D eigenvalue weighted by molar-refractivity contribution is 0.105. The molecule has 0 radical (unpaired) electrons. The predicted molar refractivity (Wildman–Crippen MR) is 104 cm³/mol. The van der Waals surface area contributed by atoms with Crippen LogP contribution in [0.3, 0.4) is 0 Å². The molecule has 0 saturated carbocycles. The molecule has 0 amide bonds. The van der Waals surface area contributed by atoms with Crippen molar-refractivity contribution in [2.24, 2.45) is 4.99 Å². The monoisotopic (exact) mass is 388 g/mol. The second-order valence-corrected chi connectivity index (χ2v) is 7.76. The van der Waals surface area contributed by atoms with E-state index in [1.807, 2.05) is 26.0 Å². The minimum atomic E-state index is -3.13. The normalized spacial score (nSPS) is 12.5. The fraction of sp³-hybridized carbons (Fsp3) is 0.706. The number of nitrogens with one attached hydrogen (secondary N) is 2. The van der Waals surface area contributed by atoms with Gasteiger partial charge in [-0.2, -0.15) is 0 Å². The minimum Gasteiger partial charge on any atom is -0.467 e. The van der Waals surface area contributed by atoms with Crippen molar-refractivity contribution in [3.8, 4) is 0 Å². The van der Waals surface area contributed by atoms with Crippen molar-refractivity contribution in [1.29, 1.82) is 0 Å². The molecule has 1 aromatic heterocycles. The van der Waals surface area contributed by atoms with Crippen molar-refractivity contribution < 1.29 is 17.6 Å². The molecule has 2 N–H and O–H groups in total. The number of rotatable bonds is 13. The van der Waals surface area contributed by atoms with E-state index < -0.39 is 10.0 Å². The maximum absolute atomic E-state index is 11.5. The number of sulfonamides is 1. The summed E-state index contributed by atoms with van der Waals surface area (Å²) in [4.78, 5) is 4.49. The quantitative estimate of drug-likeness (QED) is 0.301. The Morgan fingerprint density at radius 2 is 2.12 bits per heavy atom. The standard InChI is InChI=1S/C17H32N4O4S/c1-4-18-17(19-10-7-12-21(5-2)26(3,22)23)20-11-8-13-24-15-16-9-6-14-25-16/h6,9,14H,4-5,7-8,10-13,15H2,1-3H3,(H2,18,19,20). The van der Waals surface area contributed by atoms with E-state index in [4.69, 9.17) is 9.15 Å². The van der Waals surface area contributed by atoms with Crippen LogP contribution in [0.4, 0.5) is 0 Å². The molecule has 0 unspecified atom stereocenters. The van der Waals surface area contributed by atoms with Crippen molar-refractivity contribution in [2.45, 2.75) is 33.3 Å². The smallest absolute Gasteiger partial charge is 0.211 e. The molecule has 0 fully saturated rings. The van der Waals surface area contributed by atoms with Gasteiger partial charge in [0.05, 0.1) is 12.5 Å². The second kappa shape index (κ2) is 12.7. The maximum Gasteiger partial charge on any atom is 0.211 e. The lowest BCUT2D eigenvalue weighted by Crippen LogP contribution is -2.39. The summed E-state index contributed by atoms with van der Waals surface area (Å²) in [6.07, 6.45) is 4.41. The molecule has 9 heteroatoms. The molecule has 0 aromatic carbocycles. The summed E-state index contributed by atoms with van der Waals surface area (Å²) in [7, 11) is -3.13. The van der Waals surface area contributed by atoms with Gasteiger partial charge in [0.2, 0.25) is 10.0 Å². The van der Waals surface area contributed by atoms with Gasteiger partial charge >= 0.3 is 0 Å². The van der Waals surface area contributed by atoms with E-state index in [0.717, 1.165) is 31.1 Å². The molecule has 1 rings (SSSR count). The van der Waals surface area contributed by atoms with E-state index in [0.29, 0.717) is 39.4 Å². The summed E-state index contributed by atoms with van der Waals surface area (Å²) in [6.45, 7) is 8.01. The molecular formula is C17H32N4O4S. The van der Waals surface area contributed by atoms with Gasteiger partial charge in [0.1, 0.15) is 12.4 Å². The number of nitrogens with zero attached hydrogens (tertiary/aromatic N) is 2. The van der Waals surface area contributed by atoms with Crippen LogP contribution in [0.15, 0.2) is 27.8 Å². The predicted octanol–water partition coefficient (Wildman–Crippen LogP) is 1.41. The van der Waals surface area contributed by atoms with E-state index >= 15 is 0 Å². The van der Waals surface area contributed by atoms with E-state index in [1.54, 1.807) is 6.26 Å². The van der Waals surface area contributed by atoms with E-state index in [-0.39, 0.29) is 0 Å². The largest absolute Gasteiger partial charge is 0.467 e. The number of hydrogen-bond acceptors (Lipinski definition) is 5. The summed E-state index contributed by atoms with van der Waals surface area (Å²) in [5.74, 6) is 1.56. The molecule has 0 aliphatic heterocycles. The summed E-state index contributed by atoms with van der Waals surface area (Å²) < 4.78 is 35.3. The van der Waals surface area contributed by atoms with E-state index in [1.165, 1.54) is 10.6 Å². The van der Waals surface area contributed by atoms with Gasteiger partial charge in [0.25, 0.3) is 0 Å². The molecular weight excluding hydrogens is 356 g/mol. The lowest BCUT2D eigenvalue weighted by atomic mass is 10.4. The highest BCUT2D eigenvalue weighted by Crippen LogP contribution is 2.02. The molecule has 0 spiro atoms.